The van der Waals surface area contributed by atoms with E-state index in [1.807, 2.05) is 16.7 Å². The number of carbonyl (C=O) groups excluding carboxylic acids is 2. The van der Waals surface area contributed by atoms with Crippen molar-refractivity contribution in [2.45, 2.75) is 32.2 Å². The van der Waals surface area contributed by atoms with E-state index in [0.717, 1.165) is 19.4 Å². The van der Waals surface area contributed by atoms with Gasteiger partial charge in [-0.15, -0.1) is 0 Å². The Hall–Kier alpha value is -1.93. The molecule has 3 rings (SSSR count). The molecule has 0 unspecified atom stereocenters. The van der Waals surface area contributed by atoms with Crippen molar-refractivity contribution >= 4 is 17.6 Å². The van der Waals surface area contributed by atoms with Gasteiger partial charge in [0.2, 0.25) is 11.8 Å². The van der Waals surface area contributed by atoms with E-state index >= 15 is 0 Å². The summed E-state index contributed by atoms with van der Waals surface area (Å²) in [5, 5.41) is 6.48. The normalized spacial score (nSPS) is 25.0. The van der Waals surface area contributed by atoms with Crippen molar-refractivity contribution in [2.24, 2.45) is 0 Å². The number of rotatable bonds is 4. The number of hydrogen-bond acceptors (Lipinski definition) is 6. The summed E-state index contributed by atoms with van der Waals surface area (Å²) in [6.07, 6.45) is 1.67. The van der Waals surface area contributed by atoms with Crippen molar-refractivity contribution in [2.75, 3.05) is 44.7 Å². The van der Waals surface area contributed by atoms with Crippen LogP contribution in [0.15, 0.2) is 10.6 Å². The molecule has 8 nitrogen and oxygen atoms in total. The van der Waals surface area contributed by atoms with Crippen LogP contribution >= 0.6 is 0 Å². The molecule has 1 aromatic rings. The van der Waals surface area contributed by atoms with Crippen molar-refractivity contribution in [3.8, 4) is 0 Å². The van der Waals surface area contributed by atoms with Crippen molar-refractivity contribution in [3.05, 3.63) is 11.8 Å². The van der Waals surface area contributed by atoms with Crippen molar-refractivity contribution in [1.82, 2.24) is 15.0 Å². The van der Waals surface area contributed by atoms with Gasteiger partial charge in [-0.3, -0.25) is 14.5 Å². The number of carbonyl (C=O) groups is 2. The number of ether oxygens (including phenoxy) is 1. The highest BCUT2D eigenvalue weighted by atomic mass is 16.5. The minimum absolute atomic E-state index is 0.0911. The minimum Gasteiger partial charge on any atom is -0.378 e. The van der Waals surface area contributed by atoms with E-state index < -0.39 is 5.54 Å². The molecular formula is C16H24N4O4. The third kappa shape index (κ3) is 3.44. The van der Waals surface area contributed by atoms with Crippen LogP contribution in [0.2, 0.25) is 0 Å². The van der Waals surface area contributed by atoms with Crippen LogP contribution in [0.5, 0.6) is 0 Å². The molecule has 0 aromatic carbocycles. The van der Waals surface area contributed by atoms with E-state index in [9.17, 15) is 9.59 Å². The molecule has 132 valence electrons. The molecule has 1 atom stereocenters. The van der Waals surface area contributed by atoms with E-state index in [0.29, 0.717) is 37.9 Å². The first-order valence-corrected chi connectivity index (χ1v) is 8.34. The zero-order valence-electron chi connectivity index (χ0n) is 14.2. The van der Waals surface area contributed by atoms with E-state index in [2.05, 4.69) is 10.5 Å². The second kappa shape index (κ2) is 6.90. The Morgan fingerprint density at radius 2 is 2.08 bits per heavy atom. The van der Waals surface area contributed by atoms with Gasteiger partial charge in [-0.05, 0) is 33.2 Å². The zero-order chi connectivity index (χ0) is 17.2. The number of amides is 2. The third-order valence-corrected chi connectivity index (χ3v) is 4.78. The summed E-state index contributed by atoms with van der Waals surface area (Å²) in [5.74, 6) is 0.941. The molecule has 0 radical (unpaired) electrons. The summed E-state index contributed by atoms with van der Waals surface area (Å²) >= 11 is 0. The molecule has 2 saturated heterocycles. The van der Waals surface area contributed by atoms with Gasteiger partial charge in [-0.1, -0.05) is 5.16 Å². The highest BCUT2D eigenvalue weighted by Crippen LogP contribution is 2.31. The molecular weight excluding hydrogens is 312 g/mol. The van der Waals surface area contributed by atoms with Crippen LogP contribution in [0.4, 0.5) is 5.82 Å². The SMILES string of the molecule is Cc1cc(NC(=O)CN2CCC[C@]2(C)C(=O)N2CCOCC2)no1. The monoisotopic (exact) mass is 336 g/mol. The fourth-order valence-electron chi connectivity index (χ4n) is 3.40. The predicted octanol–water partition coefficient (Wildman–Crippen LogP) is 0.635. The topological polar surface area (TPSA) is 87.9 Å². The standard InChI is InChI=1S/C16H24N4O4/c1-12-10-13(18-24-12)17-14(21)11-20-5-3-4-16(20,2)15(22)19-6-8-23-9-7-19/h10H,3-9,11H2,1-2H3,(H,17,18,21)/t16-/m1/s1. The van der Waals surface area contributed by atoms with E-state index in [1.54, 1.807) is 13.0 Å². The fraction of sp³-hybridized carbons (Fsp3) is 0.688. The molecule has 1 N–H and O–H groups in total. The maximum Gasteiger partial charge on any atom is 0.242 e. The van der Waals surface area contributed by atoms with E-state index in [4.69, 9.17) is 9.26 Å². The molecule has 8 heteroatoms. The van der Waals surface area contributed by atoms with Crippen LogP contribution in [0.25, 0.3) is 0 Å². The predicted molar refractivity (Wildman–Crippen MR) is 86.5 cm³/mol. The first-order valence-electron chi connectivity index (χ1n) is 8.34. The molecule has 2 aliphatic rings. The molecule has 2 amide bonds. The van der Waals surface area contributed by atoms with Crippen molar-refractivity contribution < 1.29 is 18.8 Å². The number of anilines is 1. The Labute approximate surface area is 141 Å². The van der Waals surface area contributed by atoms with Gasteiger partial charge in [0.1, 0.15) is 5.76 Å². The summed E-state index contributed by atoms with van der Waals surface area (Å²) in [6.45, 7) is 6.99. The van der Waals surface area contributed by atoms with Crippen LogP contribution in [-0.4, -0.2) is 71.7 Å². The zero-order valence-corrected chi connectivity index (χ0v) is 14.2. The average Bonchev–Trinajstić information content (AvgIpc) is 3.14. The Kier molecular flexibility index (Phi) is 4.86. The smallest absolute Gasteiger partial charge is 0.242 e. The van der Waals surface area contributed by atoms with Gasteiger partial charge in [0.15, 0.2) is 5.82 Å². The Morgan fingerprint density at radius 1 is 1.33 bits per heavy atom. The molecule has 3 heterocycles. The number of hydrogen-bond donors (Lipinski definition) is 1. The summed E-state index contributed by atoms with van der Waals surface area (Å²) in [4.78, 5) is 29.0. The summed E-state index contributed by atoms with van der Waals surface area (Å²) < 4.78 is 10.3. The number of nitrogens with one attached hydrogen (secondary N) is 1. The van der Waals surface area contributed by atoms with Crippen LogP contribution in [-0.2, 0) is 14.3 Å². The first-order chi connectivity index (χ1) is 11.5. The Balaban J connectivity index is 1.63. The Bertz CT molecular complexity index is 611. The quantitative estimate of drug-likeness (QED) is 0.868. The highest BCUT2D eigenvalue weighted by molar-refractivity contribution is 5.93. The number of aromatic nitrogens is 1. The van der Waals surface area contributed by atoms with Gasteiger partial charge < -0.3 is 19.5 Å². The van der Waals surface area contributed by atoms with Gasteiger partial charge in [-0.2, -0.15) is 0 Å². The molecule has 24 heavy (non-hydrogen) atoms. The molecule has 0 aliphatic carbocycles. The highest BCUT2D eigenvalue weighted by Gasteiger charge is 2.46. The van der Waals surface area contributed by atoms with Gasteiger partial charge in [-0.25, -0.2) is 0 Å². The summed E-state index contributed by atoms with van der Waals surface area (Å²) in [5.41, 5.74) is -0.631. The minimum atomic E-state index is -0.631. The van der Waals surface area contributed by atoms with Crippen LogP contribution in [0.1, 0.15) is 25.5 Å². The third-order valence-electron chi connectivity index (χ3n) is 4.78. The maximum atomic E-state index is 12.9. The van der Waals surface area contributed by atoms with Gasteiger partial charge in [0.05, 0.1) is 25.3 Å². The van der Waals surface area contributed by atoms with Crippen molar-refractivity contribution in [1.29, 1.82) is 0 Å². The van der Waals surface area contributed by atoms with Gasteiger partial charge in [0.25, 0.3) is 0 Å². The van der Waals surface area contributed by atoms with Crippen LogP contribution in [0.3, 0.4) is 0 Å². The lowest BCUT2D eigenvalue weighted by Crippen LogP contribution is -2.58. The number of likely N-dealkylation sites (tertiary alicyclic amines) is 1. The molecule has 0 bridgehead atoms. The lowest BCUT2D eigenvalue weighted by atomic mass is 9.96. The number of nitrogens with zero attached hydrogens (tertiary/aromatic N) is 3. The van der Waals surface area contributed by atoms with Crippen LogP contribution < -0.4 is 5.32 Å². The van der Waals surface area contributed by atoms with E-state index in [1.165, 1.54) is 0 Å². The lowest BCUT2D eigenvalue weighted by molar-refractivity contribution is -0.146. The van der Waals surface area contributed by atoms with Crippen LogP contribution in [0, 0.1) is 6.92 Å². The fourth-order valence-corrected chi connectivity index (χ4v) is 3.40. The number of morpholine rings is 1. The second-order valence-electron chi connectivity index (χ2n) is 6.57. The van der Waals surface area contributed by atoms with Gasteiger partial charge in [0, 0.05) is 19.2 Å². The molecule has 1 aromatic heterocycles. The molecule has 0 spiro atoms. The largest absolute Gasteiger partial charge is 0.378 e. The molecule has 2 aliphatic heterocycles. The first kappa shape index (κ1) is 16.9. The second-order valence-corrected chi connectivity index (χ2v) is 6.57. The van der Waals surface area contributed by atoms with Crippen molar-refractivity contribution in [3.63, 3.8) is 0 Å². The lowest BCUT2D eigenvalue weighted by Gasteiger charge is -2.39. The summed E-state index contributed by atoms with van der Waals surface area (Å²) in [6, 6.07) is 1.67. The average molecular weight is 336 g/mol. The molecule has 2 fully saturated rings. The van der Waals surface area contributed by atoms with Gasteiger partial charge >= 0.3 is 0 Å². The Morgan fingerprint density at radius 3 is 2.75 bits per heavy atom. The van der Waals surface area contributed by atoms with E-state index in [-0.39, 0.29) is 18.4 Å². The molecule has 0 saturated carbocycles. The summed E-state index contributed by atoms with van der Waals surface area (Å²) in [7, 11) is 0. The maximum absolute atomic E-state index is 12.9. The number of aryl methyl sites for hydroxylation is 1.